The number of rotatable bonds is 8. The van der Waals surface area contributed by atoms with E-state index in [2.05, 4.69) is 55.4 Å². The van der Waals surface area contributed by atoms with Crippen LogP contribution in [0.2, 0.25) is 0 Å². The molecule has 0 aliphatic rings. The van der Waals surface area contributed by atoms with E-state index in [4.69, 9.17) is 0 Å². The van der Waals surface area contributed by atoms with Crippen molar-refractivity contribution >= 4 is 0 Å². The lowest BCUT2D eigenvalue weighted by molar-refractivity contribution is 0.243. The van der Waals surface area contributed by atoms with Gasteiger partial charge in [-0.15, -0.1) is 0 Å². The minimum absolute atomic E-state index is 0.461. The maximum atomic E-state index is 2.40. The van der Waals surface area contributed by atoms with Crippen LogP contribution >= 0.6 is 0 Å². The number of hydrogen-bond donors (Lipinski definition) is 0. The van der Waals surface area contributed by atoms with Crippen LogP contribution < -0.4 is 0 Å². The summed E-state index contributed by atoms with van der Waals surface area (Å²) in [5, 5.41) is 0. The summed E-state index contributed by atoms with van der Waals surface area (Å²) in [4.78, 5) is 0. The molecule has 0 fully saturated rings. The van der Waals surface area contributed by atoms with Crippen molar-refractivity contribution in [2.24, 2.45) is 17.3 Å². The van der Waals surface area contributed by atoms with E-state index in [0.29, 0.717) is 5.41 Å². The largest absolute Gasteiger partial charge is 0.0744 e. The second kappa shape index (κ2) is 8.82. The fourth-order valence-electron chi connectivity index (χ4n) is 2.61. The summed E-state index contributed by atoms with van der Waals surface area (Å²) >= 11 is 0. The molecule has 0 aromatic rings. The van der Waals surface area contributed by atoms with Crippen LogP contribution in [0.4, 0.5) is 0 Å². The first-order valence-corrected chi connectivity index (χ1v) is 8.33. The van der Waals surface area contributed by atoms with Gasteiger partial charge >= 0.3 is 0 Å². The van der Waals surface area contributed by atoms with E-state index >= 15 is 0 Å². The summed E-state index contributed by atoms with van der Waals surface area (Å²) in [5.74, 6) is 1.67. The van der Waals surface area contributed by atoms with Gasteiger partial charge in [-0.3, -0.25) is 0 Å². The molecular formula is C19H38. The highest BCUT2D eigenvalue weighted by molar-refractivity contribution is 5.10. The third kappa shape index (κ3) is 8.50. The van der Waals surface area contributed by atoms with Crippen molar-refractivity contribution in [2.45, 2.75) is 93.9 Å². The number of allylic oxidation sites excluding steroid dienone is 2. The minimum atomic E-state index is 0.461. The highest BCUT2D eigenvalue weighted by Crippen LogP contribution is 2.30. The number of hydrogen-bond acceptors (Lipinski definition) is 0. The van der Waals surface area contributed by atoms with Crippen molar-refractivity contribution in [1.29, 1.82) is 0 Å². The maximum absolute atomic E-state index is 2.40. The van der Waals surface area contributed by atoms with Gasteiger partial charge in [0.1, 0.15) is 0 Å². The summed E-state index contributed by atoms with van der Waals surface area (Å²) in [6.45, 7) is 18.8. The van der Waals surface area contributed by atoms with Gasteiger partial charge in [0.15, 0.2) is 0 Å². The molecule has 0 aliphatic carbocycles. The van der Waals surface area contributed by atoms with Crippen molar-refractivity contribution in [1.82, 2.24) is 0 Å². The quantitative estimate of drug-likeness (QED) is 0.415. The summed E-state index contributed by atoms with van der Waals surface area (Å²) in [7, 11) is 0. The van der Waals surface area contributed by atoms with Crippen LogP contribution in [0.1, 0.15) is 93.9 Å². The Hall–Kier alpha value is -0.260. The molecule has 0 rings (SSSR count). The summed E-state index contributed by atoms with van der Waals surface area (Å²) in [5.41, 5.74) is 3.75. The molecule has 2 atom stereocenters. The first-order chi connectivity index (χ1) is 8.68. The van der Waals surface area contributed by atoms with Crippen molar-refractivity contribution in [3.63, 3.8) is 0 Å². The molecule has 0 N–H and O–H groups in total. The third-order valence-corrected chi connectivity index (χ3v) is 4.83. The molecule has 0 aliphatic heterocycles. The zero-order valence-electron chi connectivity index (χ0n) is 14.9. The van der Waals surface area contributed by atoms with Crippen molar-refractivity contribution in [3.05, 3.63) is 11.1 Å². The van der Waals surface area contributed by atoms with Gasteiger partial charge in [0.25, 0.3) is 0 Å². The molecule has 0 aromatic heterocycles. The van der Waals surface area contributed by atoms with E-state index in [1.807, 2.05) is 0 Å². The van der Waals surface area contributed by atoms with Gasteiger partial charge in [-0.05, 0) is 56.8 Å². The Morgan fingerprint density at radius 1 is 0.947 bits per heavy atom. The van der Waals surface area contributed by atoms with Gasteiger partial charge in [-0.1, -0.05) is 65.5 Å². The molecule has 0 amide bonds. The molecule has 0 heterocycles. The highest BCUT2D eigenvalue weighted by atomic mass is 14.2. The SMILES string of the molecule is CCCC(C)CC(C)=C(C)CCCC(C)C(C)(C)C. The van der Waals surface area contributed by atoms with E-state index in [1.165, 1.54) is 38.5 Å². The molecule has 0 bridgehead atoms. The van der Waals surface area contributed by atoms with E-state index in [9.17, 15) is 0 Å². The van der Waals surface area contributed by atoms with Crippen LogP contribution in [0.25, 0.3) is 0 Å². The second-order valence-corrected chi connectivity index (χ2v) is 7.82. The predicted molar refractivity (Wildman–Crippen MR) is 89.5 cm³/mol. The zero-order valence-corrected chi connectivity index (χ0v) is 14.9. The molecule has 0 spiro atoms. The van der Waals surface area contributed by atoms with Crippen LogP contribution in [-0.2, 0) is 0 Å². The van der Waals surface area contributed by atoms with E-state index in [0.717, 1.165) is 11.8 Å². The summed E-state index contributed by atoms with van der Waals surface area (Å²) in [6, 6.07) is 0. The summed E-state index contributed by atoms with van der Waals surface area (Å²) < 4.78 is 0. The maximum Gasteiger partial charge on any atom is -0.0295 e. The lowest BCUT2D eigenvalue weighted by atomic mass is 9.79. The Morgan fingerprint density at radius 2 is 1.53 bits per heavy atom. The first kappa shape index (κ1) is 18.7. The lowest BCUT2D eigenvalue weighted by Gasteiger charge is -2.27. The molecule has 0 nitrogen and oxygen atoms in total. The average Bonchev–Trinajstić information content (AvgIpc) is 2.27. The van der Waals surface area contributed by atoms with Crippen LogP contribution in [0.3, 0.4) is 0 Å². The molecule has 0 radical (unpaired) electrons. The van der Waals surface area contributed by atoms with E-state index in [1.54, 1.807) is 11.1 Å². The monoisotopic (exact) mass is 266 g/mol. The molecule has 0 saturated carbocycles. The van der Waals surface area contributed by atoms with Gasteiger partial charge in [-0.2, -0.15) is 0 Å². The Bertz CT molecular complexity index is 264. The fourth-order valence-corrected chi connectivity index (χ4v) is 2.61. The lowest BCUT2D eigenvalue weighted by Crippen LogP contribution is -2.16. The van der Waals surface area contributed by atoms with Crippen molar-refractivity contribution in [3.8, 4) is 0 Å². The normalized spacial score (nSPS) is 17.1. The zero-order chi connectivity index (χ0) is 15.1. The Kier molecular flexibility index (Phi) is 8.70. The van der Waals surface area contributed by atoms with Crippen molar-refractivity contribution in [2.75, 3.05) is 0 Å². The Balaban J connectivity index is 4.11. The van der Waals surface area contributed by atoms with Gasteiger partial charge in [0.05, 0.1) is 0 Å². The van der Waals surface area contributed by atoms with E-state index in [-0.39, 0.29) is 0 Å². The van der Waals surface area contributed by atoms with Gasteiger partial charge in [-0.25, -0.2) is 0 Å². The second-order valence-electron chi connectivity index (χ2n) is 7.82. The van der Waals surface area contributed by atoms with Crippen LogP contribution in [-0.4, -0.2) is 0 Å². The van der Waals surface area contributed by atoms with Gasteiger partial charge in [0.2, 0.25) is 0 Å². The highest BCUT2D eigenvalue weighted by Gasteiger charge is 2.19. The minimum Gasteiger partial charge on any atom is -0.0744 e. The molecule has 114 valence electrons. The smallest absolute Gasteiger partial charge is 0.0295 e. The molecule has 0 aromatic carbocycles. The molecule has 19 heavy (non-hydrogen) atoms. The topological polar surface area (TPSA) is 0 Å². The average molecular weight is 267 g/mol. The molecule has 0 heteroatoms. The fraction of sp³-hybridized carbons (Fsp3) is 0.895. The first-order valence-electron chi connectivity index (χ1n) is 8.33. The van der Waals surface area contributed by atoms with Crippen LogP contribution in [0.5, 0.6) is 0 Å². The van der Waals surface area contributed by atoms with Gasteiger partial charge < -0.3 is 0 Å². The van der Waals surface area contributed by atoms with E-state index < -0.39 is 0 Å². The van der Waals surface area contributed by atoms with Crippen LogP contribution in [0, 0.1) is 17.3 Å². The Labute approximate surface area is 123 Å². The van der Waals surface area contributed by atoms with Gasteiger partial charge in [0, 0.05) is 0 Å². The molecule has 0 saturated heterocycles. The molecular weight excluding hydrogens is 228 g/mol. The standard InChI is InChI=1S/C19H38/c1-9-11-15(2)14-17(4)16(3)12-10-13-18(5)19(6,7)8/h15,18H,9-14H2,1-8H3. The van der Waals surface area contributed by atoms with Crippen LogP contribution in [0.15, 0.2) is 11.1 Å². The summed E-state index contributed by atoms with van der Waals surface area (Å²) in [6.07, 6.45) is 7.99. The third-order valence-electron chi connectivity index (χ3n) is 4.83. The predicted octanol–water partition coefficient (Wildman–Crippen LogP) is 7.00. The molecule has 2 unspecified atom stereocenters. The van der Waals surface area contributed by atoms with Crippen molar-refractivity contribution < 1.29 is 0 Å². The Morgan fingerprint density at radius 3 is 2.00 bits per heavy atom.